The number of carbonyl (C=O) groups excluding carboxylic acids is 1. The van der Waals surface area contributed by atoms with Crippen LogP contribution in [0.1, 0.15) is 47.5 Å². The Kier molecular flexibility index (Phi) is 4.12. The van der Waals surface area contributed by atoms with Gasteiger partial charge in [0, 0.05) is 5.41 Å². The molecule has 80 valence electrons. The molecular formula is C11H20N2O. The third kappa shape index (κ3) is 3.02. The molecule has 1 N–H and O–H groups in total. The number of nitrogens with zero attached hydrogens (tertiary/aromatic N) is 1. The Labute approximate surface area is 86.5 Å². The summed E-state index contributed by atoms with van der Waals surface area (Å²) in [5.74, 6) is -0.0501. The van der Waals surface area contributed by atoms with Crippen molar-refractivity contribution >= 4 is 5.91 Å². The van der Waals surface area contributed by atoms with Gasteiger partial charge in [-0.25, -0.2) is 0 Å². The lowest BCUT2D eigenvalue weighted by molar-refractivity contribution is -0.130. The summed E-state index contributed by atoms with van der Waals surface area (Å²) in [5.41, 5.74) is -1.13. The van der Waals surface area contributed by atoms with Crippen LogP contribution in [-0.4, -0.2) is 11.4 Å². The first-order chi connectivity index (χ1) is 6.31. The Morgan fingerprint density at radius 2 is 1.79 bits per heavy atom. The number of carbonyl (C=O) groups is 1. The summed E-state index contributed by atoms with van der Waals surface area (Å²) in [7, 11) is 0. The maximum Gasteiger partial charge on any atom is 0.226 e. The molecule has 0 saturated carbocycles. The number of hydrogen-bond donors (Lipinski definition) is 1. The summed E-state index contributed by atoms with van der Waals surface area (Å²) in [6.07, 6.45) is 1.39. The zero-order chi connectivity index (χ0) is 11.4. The molecule has 0 radical (unpaired) electrons. The van der Waals surface area contributed by atoms with Crippen molar-refractivity contribution in [2.24, 2.45) is 5.41 Å². The van der Waals surface area contributed by atoms with Gasteiger partial charge in [0.25, 0.3) is 0 Å². The molecule has 1 atom stereocenters. The summed E-state index contributed by atoms with van der Waals surface area (Å²) >= 11 is 0. The second-order valence-corrected chi connectivity index (χ2v) is 4.49. The van der Waals surface area contributed by atoms with E-state index in [0.717, 1.165) is 6.42 Å². The molecule has 0 saturated heterocycles. The number of nitrogens with one attached hydrogen (secondary N) is 1. The molecule has 0 aliphatic carbocycles. The van der Waals surface area contributed by atoms with Gasteiger partial charge in [0.2, 0.25) is 5.91 Å². The molecule has 0 heterocycles. The summed E-state index contributed by atoms with van der Waals surface area (Å²) < 4.78 is 0. The normalized spacial score (nSPS) is 15.4. The van der Waals surface area contributed by atoms with Gasteiger partial charge in [-0.05, 0) is 19.8 Å². The van der Waals surface area contributed by atoms with Gasteiger partial charge in [-0.2, -0.15) is 5.26 Å². The van der Waals surface area contributed by atoms with Gasteiger partial charge in [0.15, 0.2) is 0 Å². The van der Waals surface area contributed by atoms with Crippen LogP contribution in [0.2, 0.25) is 0 Å². The van der Waals surface area contributed by atoms with E-state index in [2.05, 4.69) is 11.4 Å². The lowest BCUT2D eigenvalue weighted by atomic mass is 9.87. The molecule has 0 spiro atoms. The predicted octanol–water partition coefficient (Wildman–Crippen LogP) is 2.23. The molecule has 0 rings (SSSR count). The van der Waals surface area contributed by atoms with E-state index in [1.165, 1.54) is 0 Å². The SMILES string of the molecule is CCC(C)(C#N)NC(=O)C(C)(C)CC. The van der Waals surface area contributed by atoms with Crippen LogP contribution in [0, 0.1) is 16.7 Å². The molecule has 3 nitrogen and oxygen atoms in total. The number of hydrogen-bond acceptors (Lipinski definition) is 2. The Balaban J connectivity index is 4.56. The van der Waals surface area contributed by atoms with Crippen LogP contribution >= 0.6 is 0 Å². The molecule has 1 unspecified atom stereocenters. The zero-order valence-electron chi connectivity index (χ0n) is 9.77. The molecule has 0 aliphatic heterocycles. The summed E-state index contributed by atoms with van der Waals surface area (Å²) in [6.45, 7) is 9.37. The lowest BCUT2D eigenvalue weighted by Crippen LogP contribution is -2.49. The minimum absolute atomic E-state index is 0.0501. The van der Waals surface area contributed by atoms with E-state index >= 15 is 0 Å². The smallest absolute Gasteiger partial charge is 0.226 e. The van der Waals surface area contributed by atoms with Crippen LogP contribution in [0.25, 0.3) is 0 Å². The van der Waals surface area contributed by atoms with E-state index in [9.17, 15) is 4.79 Å². The Morgan fingerprint density at radius 1 is 1.29 bits per heavy atom. The van der Waals surface area contributed by atoms with Crippen LogP contribution in [0.3, 0.4) is 0 Å². The number of amides is 1. The third-order valence-electron chi connectivity index (χ3n) is 2.84. The highest BCUT2D eigenvalue weighted by atomic mass is 16.2. The Morgan fingerprint density at radius 3 is 2.07 bits per heavy atom. The largest absolute Gasteiger partial charge is 0.338 e. The second-order valence-electron chi connectivity index (χ2n) is 4.49. The van der Waals surface area contributed by atoms with Crippen molar-refractivity contribution in [2.75, 3.05) is 0 Å². The standard InChI is InChI=1S/C11H20N2O/c1-6-10(3,4)9(14)13-11(5,7-2)8-12/h6-7H2,1-5H3,(H,13,14). The molecule has 0 bridgehead atoms. The van der Waals surface area contributed by atoms with Gasteiger partial charge < -0.3 is 5.32 Å². The molecule has 0 aromatic rings. The quantitative estimate of drug-likeness (QED) is 0.749. The maximum atomic E-state index is 11.8. The molecule has 0 fully saturated rings. The van der Waals surface area contributed by atoms with Gasteiger partial charge in [0.1, 0.15) is 5.54 Å². The van der Waals surface area contributed by atoms with Crippen molar-refractivity contribution in [1.82, 2.24) is 5.32 Å². The van der Waals surface area contributed by atoms with Crippen molar-refractivity contribution in [3.05, 3.63) is 0 Å². The average Bonchev–Trinajstić information content (AvgIpc) is 2.17. The molecule has 0 aromatic heterocycles. The minimum atomic E-state index is -0.733. The van der Waals surface area contributed by atoms with Crippen molar-refractivity contribution in [3.63, 3.8) is 0 Å². The van der Waals surface area contributed by atoms with Crippen LogP contribution in [0.5, 0.6) is 0 Å². The summed E-state index contributed by atoms with van der Waals surface area (Å²) in [6, 6.07) is 2.12. The van der Waals surface area contributed by atoms with Crippen molar-refractivity contribution < 1.29 is 4.79 Å². The van der Waals surface area contributed by atoms with E-state index in [0.29, 0.717) is 6.42 Å². The first-order valence-corrected chi connectivity index (χ1v) is 5.05. The maximum absolute atomic E-state index is 11.8. The lowest BCUT2D eigenvalue weighted by Gasteiger charge is -2.28. The molecule has 3 heteroatoms. The van der Waals surface area contributed by atoms with E-state index in [1.54, 1.807) is 6.92 Å². The topological polar surface area (TPSA) is 52.9 Å². The summed E-state index contributed by atoms with van der Waals surface area (Å²) in [5, 5.41) is 11.7. The molecule has 14 heavy (non-hydrogen) atoms. The van der Waals surface area contributed by atoms with E-state index in [1.807, 2.05) is 27.7 Å². The Bertz CT molecular complexity index is 253. The van der Waals surface area contributed by atoms with Crippen LogP contribution in [0.4, 0.5) is 0 Å². The second kappa shape index (κ2) is 4.45. The van der Waals surface area contributed by atoms with E-state index in [-0.39, 0.29) is 5.91 Å². The predicted molar refractivity (Wildman–Crippen MR) is 56.5 cm³/mol. The fourth-order valence-corrected chi connectivity index (χ4v) is 0.776. The molecule has 0 aliphatic rings. The third-order valence-corrected chi connectivity index (χ3v) is 2.84. The monoisotopic (exact) mass is 196 g/mol. The van der Waals surface area contributed by atoms with E-state index < -0.39 is 11.0 Å². The van der Waals surface area contributed by atoms with Crippen LogP contribution < -0.4 is 5.32 Å². The zero-order valence-corrected chi connectivity index (χ0v) is 9.77. The summed E-state index contributed by atoms with van der Waals surface area (Å²) in [4.78, 5) is 11.8. The van der Waals surface area contributed by atoms with E-state index in [4.69, 9.17) is 5.26 Å². The fraction of sp³-hybridized carbons (Fsp3) is 0.818. The first kappa shape index (κ1) is 13.0. The van der Waals surface area contributed by atoms with Gasteiger partial charge in [-0.15, -0.1) is 0 Å². The van der Waals surface area contributed by atoms with Crippen LogP contribution in [-0.2, 0) is 4.79 Å². The van der Waals surface area contributed by atoms with Gasteiger partial charge in [-0.1, -0.05) is 27.7 Å². The van der Waals surface area contributed by atoms with Crippen molar-refractivity contribution in [2.45, 2.75) is 53.0 Å². The molecular weight excluding hydrogens is 176 g/mol. The molecule has 0 aromatic carbocycles. The first-order valence-electron chi connectivity index (χ1n) is 5.05. The highest BCUT2D eigenvalue weighted by Gasteiger charge is 2.31. The highest BCUT2D eigenvalue weighted by molar-refractivity contribution is 5.82. The highest BCUT2D eigenvalue weighted by Crippen LogP contribution is 2.21. The fourth-order valence-electron chi connectivity index (χ4n) is 0.776. The van der Waals surface area contributed by atoms with Crippen molar-refractivity contribution in [1.29, 1.82) is 5.26 Å². The number of nitriles is 1. The Hall–Kier alpha value is -1.04. The van der Waals surface area contributed by atoms with Gasteiger partial charge in [0.05, 0.1) is 6.07 Å². The number of rotatable bonds is 4. The molecule has 1 amide bonds. The van der Waals surface area contributed by atoms with Crippen LogP contribution in [0.15, 0.2) is 0 Å². The minimum Gasteiger partial charge on any atom is -0.338 e. The van der Waals surface area contributed by atoms with Crippen molar-refractivity contribution in [3.8, 4) is 6.07 Å². The average molecular weight is 196 g/mol. The van der Waals surface area contributed by atoms with Gasteiger partial charge >= 0.3 is 0 Å². The van der Waals surface area contributed by atoms with Gasteiger partial charge in [-0.3, -0.25) is 4.79 Å².